The average molecular weight is 383 g/mol. The Bertz CT molecular complexity index is 909. The highest BCUT2D eigenvalue weighted by molar-refractivity contribution is 7.18. The normalized spacial score (nSPS) is 11.7. The molecule has 3 aromatic rings. The van der Waals surface area contributed by atoms with Crippen LogP contribution in [0.25, 0.3) is 10.6 Å². The number of nitrogens with one attached hydrogen (secondary N) is 1. The molecule has 0 spiro atoms. The average Bonchev–Trinajstić information content (AvgIpc) is 3.16. The first-order chi connectivity index (χ1) is 13.1. The van der Waals surface area contributed by atoms with Crippen LogP contribution in [0.15, 0.2) is 48.5 Å². The predicted octanol–water partition coefficient (Wildman–Crippen LogP) is 4.18. The molecule has 0 fully saturated rings. The number of aryl methyl sites for hydroxylation is 1. The highest BCUT2D eigenvalue weighted by Gasteiger charge is 2.18. The lowest BCUT2D eigenvalue weighted by molar-refractivity contribution is -0.122. The molecule has 1 atom stereocenters. The SMILES string of the molecule is CCc1ccccc1O[C@H](C)C(=O)Nc1nnc(-c2ccc(OC)cc2)s1. The molecule has 3 rings (SSSR count). The summed E-state index contributed by atoms with van der Waals surface area (Å²) in [5.41, 5.74) is 1.98. The van der Waals surface area contributed by atoms with Gasteiger partial charge in [0.25, 0.3) is 5.91 Å². The minimum atomic E-state index is -0.647. The van der Waals surface area contributed by atoms with E-state index in [0.29, 0.717) is 5.13 Å². The molecule has 0 unspecified atom stereocenters. The number of carbonyl (C=O) groups is 1. The third kappa shape index (κ3) is 4.62. The van der Waals surface area contributed by atoms with Crippen molar-refractivity contribution in [3.63, 3.8) is 0 Å². The topological polar surface area (TPSA) is 73.3 Å². The summed E-state index contributed by atoms with van der Waals surface area (Å²) in [6, 6.07) is 15.2. The van der Waals surface area contributed by atoms with E-state index in [1.165, 1.54) is 11.3 Å². The standard InChI is InChI=1S/C20H21N3O3S/c1-4-14-7-5-6-8-17(14)26-13(2)18(24)21-20-23-22-19(27-20)15-9-11-16(25-3)12-10-15/h5-13H,4H2,1-3H3,(H,21,23,24)/t13-/m1/s1. The number of amides is 1. The highest BCUT2D eigenvalue weighted by atomic mass is 32.1. The Labute approximate surface area is 162 Å². The van der Waals surface area contributed by atoms with E-state index in [4.69, 9.17) is 9.47 Å². The van der Waals surface area contributed by atoms with Crippen molar-refractivity contribution in [1.82, 2.24) is 10.2 Å². The maximum atomic E-state index is 12.4. The molecule has 0 radical (unpaired) electrons. The minimum absolute atomic E-state index is 0.265. The number of hydrogen-bond donors (Lipinski definition) is 1. The summed E-state index contributed by atoms with van der Waals surface area (Å²) >= 11 is 1.31. The van der Waals surface area contributed by atoms with Gasteiger partial charge in [-0.25, -0.2) is 0 Å². The van der Waals surface area contributed by atoms with Crippen LogP contribution in [0.3, 0.4) is 0 Å². The van der Waals surface area contributed by atoms with Crippen molar-refractivity contribution in [1.29, 1.82) is 0 Å². The summed E-state index contributed by atoms with van der Waals surface area (Å²) < 4.78 is 11.0. The Balaban J connectivity index is 1.64. The number of aromatic nitrogens is 2. The molecule has 0 aliphatic rings. The fourth-order valence-corrected chi connectivity index (χ4v) is 3.24. The Morgan fingerprint density at radius 3 is 2.59 bits per heavy atom. The highest BCUT2D eigenvalue weighted by Crippen LogP contribution is 2.28. The molecule has 0 bridgehead atoms. The Morgan fingerprint density at radius 2 is 1.89 bits per heavy atom. The van der Waals surface area contributed by atoms with Crippen LogP contribution in [0, 0.1) is 0 Å². The molecule has 27 heavy (non-hydrogen) atoms. The number of rotatable bonds is 7. The second-order valence-corrected chi connectivity index (χ2v) is 6.83. The molecule has 1 aromatic heterocycles. The van der Waals surface area contributed by atoms with E-state index in [0.717, 1.165) is 34.1 Å². The van der Waals surface area contributed by atoms with Gasteiger partial charge in [-0.2, -0.15) is 0 Å². The summed E-state index contributed by atoms with van der Waals surface area (Å²) in [6.45, 7) is 3.77. The van der Waals surface area contributed by atoms with Crippen LogP contribution in [0.4, 0.5) is 5.13 Å². The van der Waals surface area contributed by atoms with Crippen molar-refractivity contribution >= 4 is 22.4 Å². The molecule has 1 heterocycles. The minimum Gasteiger partial charge on any atom is -0.497 e. The van der Waals surface area contributed by atoms with Crippen LogP contribution >= 0.6 is 11.3 Å². The first-order valence-electron chi connectivity index (χ1n) is 8.64. The molecule has 7 heteroatoms. The monoisotopic (exact) mass is 383 g/mol. The maximum Gasteiger partial charge on any atom is 0.266 e. The van der Waals surface area contributed by atoms with Crippen molar-refractivity contribution in [3.8, 4) is 22.1 Å². The molecule has 6 nitrogen and oxygen atoms in total. The van der Waals surface area contributed by atoms with Gasteiger partial charge in [-0.15, -0.1) is 10.2 Å². The Morgan fingerprint density at radius 1 is 1.15 bits per heavy atom. The van der Waals surface area contributed by atoms with Crippen molar-refractivity contribution in [2.45, 2.75) is 26.4 Å². The predicted molar refractivity (Wildman–Crippen MR) is 106 cm³/mol. The van der Waals surface area contributed by atoms with Gasteiger partial charge in [-0.05, 0) is 49.2 Å². The van der Waals surface area contributed by atoms with Gasteiger partial charge in [0.1, 0.15) is 16.5 Å². The third-order valence-electron chi connectivity index (χ3n) is 4.02. The quantitative estimate of drug-likeness (QED) is 0.662. The van der Waals surface area contributed by atoms with E-state index in [-0.39, 0.29) is 5.91 Å². The van der Waals surface area contributed by atoms with Crippen molar-refractivity contribution in [3.05, 3.63) is 54.1 Å². The van der Waals surface area contributed by atoms with E-state index in [1.54, 1.807) is 14.0 Å². The molecule has 0 saturated carbocycles. The number of ether oxygens (including phenoxy) is 2. The van der Waals surface area contributed by atoms with Gasteiger partial charge in [-0.1, -0.05) is 36.5 Å². The number of benzene rings is 2. The van der Waals surface area contributed by atoms with Crippen LogP contribution in [0.1, 0.15) is 19.4 Å². The zero-order chi connectivity index (χ0) is 19.2. The Kier molecular flexibility index (Phi) is 6.03. The number of methoxy groups -OCH3 is 1. The summed E-state index contributed by atoms with van der Waals surface area (Å²) in [6.07, 6.45) is 0.192. The number of anilines is 1. The van der Waals surface area contributed by atoms with Gasteiger partial charge in [0.2, 0.25) is 5.13 Å². The summed E-state index contributed by atoms with van der Waals surface area (Å²) in [7, 11) is 1.62. The molecule has 2 aromatic carbocycles. The first kappa shape index (κ1) is 18.8. The fourth-order valence-electron chi connectivity index (χ4n) is 2.49. The molecule has 0 aliphatic heterocycles. The van der Waals surface area contributed by atoms with Crippen molar-refractivity contribution < 1.29 is 14.3 Å². The van der Waals surface area contributed by atoms with E-state index in [2.05, 4.69) is 22.4 Å². The molecule has 0 saturated heterocycles. The van der Waals surface area contributed by atoms with E-state index < -0.39 is 6.10 Å². The maximum absolute atomic E-state index is 12.4. The van der Waals surface area contributed by atoms with Gasteiger partial charge in [-0.3, -0.25) is 10.1 Å². The molecule has 0 aliphatic carbocycles. The van der Waals surface area contributed by atoms with Gasteiger partial charge >= 0.3 is 0 Å². The molecule has 1 N–H and O–H groups in total. The number of nitrogens with zero attached hydrogens (tertiary/aromatic N) is 2. The lowest BCUT2D eigenvalue weighted by Gasteiger charge is -2.15. The molecule has 1 amide bonds. The summed E-state index contributed by atoms with van der Waals surface area (Å²) in [4.78, 5) is 12.4. The van der Waals surface area contributed by atoms with Crippen LogP contribution in [0.2, 0.25) is 0 Å². The number of hydrogen-bond acceptors (Lipinski definition) is 6. The lowest BCUT2D eigenvalue weighted by Crippen LogP contribution is -2.30. The molecular formula is C20H21N3O3S. The number of para-hydroxylation sites is 1. The van der Waals surface area contributed by atoms with Gasteiger partial charge in [0.15, 0.2) is 6.10 Å². The van der Waals surface area contributed by atoms with E-state index >= 15 is 0 Å². The lowest BCUT2D eigenvalue weighted by atomic mass is 10.1. The second-order valence-electron chi connectivity index (χ2n) is 5.85. The van der Waals surface area contributed by atoms with Crippen molar-refractivity contribution in [2.75, 3.05) is 12.4 Å². The van der Waals surface area contributed by atoms with Crippen LogP contribution in [-0.2, 0) is 11.2 Å². The largest absolute Gasteiger partial charge is 0.497 e. The van der Waals surface area contributed by atoms with Gasteiger partial charge in [0, 0.05) is 5.56 Å². The van der Waals surface area contributed by atoms with Gasteiger partial charge in [0.05, 0.1) is 7.11 Å². The Hall–Kier alpha value is -2.93. The molecular weight excluding hydrogens is 362 g/mol. The second kappa shape index (κ2) is 8.64. The molecule has 140 valence electrons. The zero-order valence-corrected chi connectivity index (χ0v) is 16.2. The third-order valence-corrected chi connectivity index (χ3v) is 4.91. The van der Waals surface area contributed by atoms with E-state index in [9.17, 15) is 4.79 Å². The zero-order valence-electron chi connectivity index (χ0n) is 15.4. The smallest absolute Gasteiger partial charge is 0.266 e. The summed E-state index contributed by atoms with van der Waals surface area (Å²) in [5.74, 6) is 1.23. The van der Waals surface area contributed by atoms with Crippen LogP contribution in [-0.4, -0.2) is 29.3 Å². The fraction of sp³-hybridized carbons (Fsp3) is 0.250. The van der Waals surface area contributed by atoms with Crippen LogP contribution < -0.4 is 14.8 Å². The van der Waals surface area contributed by atoms with Crippen molar-refractivity contribution in [2.24, 2.45) is 0 Å². The van der Waals surface area contributed by atoms with Gasteiger partial charge < -0.3 is 9.47 Å². The van der Waals surface area contributed by atoms with E-state index in [1.807, 2.05) is 48.5 Å². The number of carbonyl (C=O) groups excluding carboxylic acids is 1. The van der Waals surface area contributed by atoms with Crippen LogP contribution in [0.5, 0.6) is 11.5 Å². The summed E-state index contributed by atoms with van der Waals surface area (Å²) in [5, 5.41) is 12.1. The first-order valence-corrected chi connectivity index (χ1v) is 9.45.